The predicted octanol–water partition coefficient (Wildman–Crippen LogP) is 2.81. The van der Waals surface area contributed by atoms with Crippen LogP contribution in [0.5, 0.6) is 0 Å². The largest absolute Gasteiger partial charge is 0.328 e. The number of rotatable bonds is 5. The van der Waals surface area contributed by atoms with Crippen LogP contribution in [0.2, 0.25) is 0 Å². The molecule has 1 atom stereocenters. The molecule has 1 unspecified atom stereocenters. The smallest absolute Gasteiger partial charge is 0.214 e. The molecule has 2 aromatic rings. The van der Waals surface area contributed by atoms with Crippen molar-refractivity contribution in [3.8, 4) is 0 Å². The zero-order valence-corrected chi connectivity index (χ0v) is 13.6. The molecule has 1 aromatic carbocycles. The summed E-state index contributed by atoms with van der Waals surface area (Å²) in [7, 11) is 0. The van der Waals surface area contributed by atoms with E-state index in [9.17, 15) is 0 Å². The van der Waals surface area contributed by atoms with E-state index in [0.717, 1.165) is 20.9 Å². The summed E-state index contributed by atoms with van der Waals surface area (Å²) in [5.41, 5.74) is 7.16. The Morgan fingerprint density at radius 3 is 3.00 bits per heavy atom. The second-order valence-corrected chi connectivity index (χ2v) is 7.10. The van der Waals surface area contributed by atoms with E-state index < -0.39 is 0 Å². The fraction of sp³-hybridized carbons (Fsp3) is 0.462. The first-order valence-corrected chi connectivity index (χ1v) is 8.24. The molecular formula is C13H16BrN5S. The molecule has 20 heavy (non-hydrogen) atoms. The Balaban J connectivity index is 1.88. The van der Waals surface area contributed by atoms with E-state index in [4.69, 9.17) is 5.73 Å². The summed E-state index contributed by atoms with van der Waals surface area (Å²) in [4.78, 5) is 1.16. The van der Waals surface area contributed by atoms with Gasteiger partial charge in [-0.1, -0.05) is 22.0 Å². The number of halogens is 1. The van der Waals surface area contributed by atoms with Crippen LogP contribution >= 0.6 is 27.7 Å². The van der Waals surface area contributed by atoms with Gasteiger partial charge in [-0.3, -0.25) is 0 Å². The number of hydrogen-bond donors (Lipinski definition) is 1. The summed E-state index contributed by atoms with van der Waals surface area (Å²) in [5.74, 6) is 0. The van der Waals surface area contributed by atoms with Gasteiger partial charge in [-0.25, -0.2) is 4.68 Å². The van der Waals surface area contributed by atoms with Crippen molar-refractivity contribution >= 4 is 27.7 Å². The summed E-state index contributed by atoms with van der Waals surface area (Å²) < 4.78 is 2.99. The summed E-state index contributed by atoms with van der Waals surface area (Å²) in [5, 5.41) is 12.9. The van der Waals surface area contributed by atoms with Crippen LogP contribution in [0.25, 0.3) is 0 Å². The second-order valence-electron chi connectivity index (χ2n) is 5.17. The highest BCUT2D eigenvalue weighted by Gasteiger charge is 2.28. The third-order valence-electron chi connectivity index (χ3n) is 3.13. The molecule has 0 spiro atoms. The molecule has 1 saturated carbocycles. The lowest BCUT2D eigenvalue weighted by molar-refractivity contribution is 0.565. The topological polar surface area (TPSA) is 69.6 Å². The highest BCUT2D eigenvalue weighted by molar-refractivity contribution is 9.10. The standard InChI is InChI=1S/C13H16BrN5S/c1-8(15)6-9-2-3-10(14)7-12(9)20-13-16-17-18-19(13)11-4-5-11/h2-3,7-8,11H,4-6,15H2,1H3. The molecule has 0 amide bonds. The van der Waals surface area contributed by atoms with E-state index in [1.54, 1.807) is 11.8 Å². The fourth-order valence-electron chi connectivity index (χ4n) is 2.04. The molecule has 3 rings (SSSR count). The lowest BCUT2D eigenvalue weighted by Crippen LogP contribution is -2.18. The van der Waals surface area contributed by atoms with E-state index in [1.165, 1.54) is 18.4 Å². The molecule has 1 aliphatic rings. The van der Waals surface area contributed by atoms with Crippen molar-refractivity contribution in [2.24, 2.45) is 5.73 Å². The van der Waals surface area contributed by atoms with E-state index >= 15 is 0 Å². The zero-order valence-electron chi connectivity index (χ0n) is 11.2. The number of tetrazole rings is 1. The van der Waals surface area contributed by atoms with Crippen molar-refractivity contribution in [1.82, 2.24) is 20.2 Å². The Kier molecular flexibility index (Phi) is 4.09. The van der Waals surface area contributed by atoms with Gasteiger partial charge in [-0.2, -0.15) is 0 Å². The predicted molar refractivity (Wildman–Crippen MR) is 81.7 cm³/mol. The number of nitrogens with two attached hydrogens (primary N) is 1. The monoisotopic (exact) mass is 353 g/mol. The first-order chi connectivity index (χ1) is 9.63. The van der Waals surface area contributed by atoms with Gasteiger partial charge in [0.15, 0.2) is 0 Å². The van der Waals surface area contributed by atoms with Crippen molar-refractivity contribution < 1.29 is 0 Å². The lowest BCUT2D eigenvalue weighted by atomic mass is 10.1. The van der Waals surface area contributed by atoms with Crippen LogP contribution in [0.3, 0.4) is 0 Å². The van der Waals surface area contributed by atoms with Crippen molar-refractivity contribution in [2.45, 2.75) is 48.3 Å². The highest BCUT2D eigenvalue weighted by Crippen LogP contribution is 2.39. The van der Waals surface area contributed by atoms with Crippen LogP contribution in [0.15, 0.2) is 32.7 Å². The fourth-order valence-corrected chi connectivity index (χ4v) is 3.57. The Hall–Kier alpha value is -0.920. The van der Waals surface area contributed by atoms with Crippen molar-refractivity contribution in [3.05, 3.63) is 28.2 Å². The number of nitrogens with zero attached hydrogens (tertiary/aromatic N) is 4. The quantitative estimate of drug-likeness (QED) is 0.894. The van der Waals surface area contributed by atoms with E-state index in [0.29, 0.717) is 6.04 Å². The van der Waals surface area contributed by atoms with Gasteiger partial charge in [0.2, 0.25) is 5.16 Å². The Morgan fingerprint density at radius 1 is 1.50 bits per heavy atom. The van der Waals surface area contributed by atoms with Crippen LogP contribution < -0.4 is 5.73 Å². The number of benzene rings is 1. The number of aromatic nitrogens is 4. The summed E-state index contributed by atoms with van der Waals surface area (Å²) in [6.45, 7) is 2.02. The van der Waals surface area contributed by atoms with Gasteiger partial charge in [0.05, 0.1) is 6.04 Å². The summed E-state index contributed by atoms with van der Waals surface area (Å²) >= 11 is 5.14. The third-order valence-corrected chi connectivity index (χ3v) is 4.67. The molecule has 0 bridgehead atoms. The molecule has 106 valence electrons. The van der Waals surface area contributed by atoms with Crippen molar-refractivity contribution in [1.29, 1.82) is 0 Å². The van der Waals surface area contributed by atoms with E-state index in [-0.39, 0.29) is 6.04 Å². The van der Waals surface area contributed by atoms with Gasteiger partial charge in [-0.15, -0.1) is 5.10 Å². The lowest BCUT2D eigenvalue weighted by Gasteiger charge is -2.11. The minimum atomic E-state index is 0.134. The molecule has 5 nitrogen and oxygen atoms in total. The molecule has 2 N–H and O–H groups in total. The van der Waals surface area contributed by atoms with Crippen LogP contribution in [-0.2, 0) is 6.42 Å². The van der Waals surface area contributed by atoms with Gasteiger partial charge in [0.25, 0.3) is 0 Å². The maximum atomic E-state index is 5.93. The third kappa shape index (κ3) is 3.21. The molecule has 7 heteroatoms. The molecule has 1 aliphatic carbocycles. The summed E-state index contributed by atoms with van der Waals surface area (Å²) in [6, 6.07) is 6.88. The van der Waals surface area contributed by atoms with Gasteiger partial charge in [0.1, 0.15) is 0 Å². The van der Waals surface area contributed by atoms with Gasteiger partial charge >= 0.3 is 0 Å². The maximum Gasteiger partial charge on any atom is 0.214 e. The minimum Gasteiger partial charge on any atom is -0.328 e. The van der Waals surface area contributed by atoms with Crippen LogP contribution in [0, 0.1) is 0 Å². The number of hydrogen-bond acceptors (Lipinski definition) is 5. The minimum absolute atomic E-state index is 0.134. The van der Waals surface area contributed by atoms with Gasteiger partial charge in [0, 0.05) is 15.4 Å². The molecule has 0 aliphatic heterocycles. The molecular weight excluding hydrogens is 338 g/mol. The van der Waals surface area contributed by atoms with Crippen molar-refractivity contribution in [2.75, 3.05) is 0 Å². The molecule has 1 aromatic heterocycles. The average molecular weight is 354 g/mol. The first-order valence-electron chi connectivity index (χ1n) is 6.63. The highest BCUT2D eigenvalue weighted by atomic mass is 79.9. The Labute approximate surface area is 130 Å². The maximum absolute atomic E-state index is 5.93. The van der Waals surface area contributed by atoms with Gasteiger partial charge in [-0.05, 0) is 66.1 Å². The van der Waals surface area contributed by atoms with Crippen LogP contribution in [0.1, 0.15) is 31.4 Å². The average Bonchev–Trinajstić information content (AvgIpc) is 3.13. The van der Waals surface area contributed by atoms with E-state index in [1.807, 2.05) is 17.7 Å². The second kappa shape index (κ2) is 5.83. The van der Waals surface area contributed by atoms with Crippen LogP contribution in [0.4, 0.5) is 0 Å². The van der Waals surface area contributed by atoms with Gasteiger partial charge < -0.3 is 5.73 Å². The molecule has 1 fully saturated rings. The molecule has 1 heterocycles. The summed E-state index contributed by atoms with van der Waals surface area (Å²) in [6.07, 6.45) is 3.19. The normalized spacial score (nSPS) is 16.4. The van der Waals surface area contributed by atoms with Crippen LogP contribution in [-0.4, -0.2) is 26.2 Å². The molecule has 0 radical (unpaired) electrons. The first kappa shape index (κ1) is 14.0. The Morgan fingerprint density at radius 2 is 2.30 bits per heavy atom. The van der Waals surface area contributed by atoms with E-state index in [2.05, 4.69) is 43.6 Å². The Bertz CT molecular complexity index is 609. The molecule has 0 saturated heterocycles. The zero-order chi connectivity index (χ0) is 14.1. The SMILES string of the molecule is CC(N)Cc1ccc(Br)cc1Sc1nnnn1C1CC1. The van der Waals surface area contributed by atoms with Crippen molar-refractivity contribution in [3.63, 3.8) is 0 Å².